The Bertz CT molecular complexity index is 95.0. The van der Waals surface area contributed by atoms with Gasteiger partial charge in [-0.05, 0) is 22.7 Å². The Balaban J connectivity index is 2.81. The minimum atomic E-state index is 1.34. The summed E-state index contributed by atoms with van der Waals surface area (Å²) in [5, 5.41) is 0. The molecule has 0 radical (unpaired) electrons. The summed E-state index contributed by atoms with van der Waals surface area (Å²) in [5.41, 5.74) is 0. The molecule has 0 amide bonds. The van der Waals surface area contributed by atoms with Crippen molar-refractivity contribution in [2.24, 2.45) is 0 Å². The van der Waals surface area contributed by atoms with Crippen molar-refractivity contribution in [3.8, 4) is 0 Å². The maximum atomic E-state index is 2.27. The van der Waals surface area contributed by atoms with Gasteiger partial charge in [0.15, 0.2) is 0 Å². The van der Waals surface area contributed by atoms with Crippen molar-refractivity contribution in [1.82, 2.24) is 0 Å². The standard InChI is InChI=1S/C12H26S3/c1-3-5-7-9-11-13-15-14-12-10-8-6-4-2/h3-12H2,1-2H3. The summed E-state index contributed by atoms with van der Waals surface area (Å²) >= 11 is 0. The van der Waals surface area contributed by atoms with Gasteiger partial charge in [0, 0.05) is 11.5 Å². The van der Waals surface area contributed by atoms with Crippen LogP contribution >= 0.6 is 31.4 Å². The molecule has 0 atom stereocenters. The predicted molar refractivity (Wildman–Crippen MR) is 80.8 cm³/mol. The molecule has 0 unspecified atom stereocenters. The molecule has 0 bridgehead atoms. The van der Waals surface area contributed by atoms with Crippen LogP contribution in [0.3, 0.4) is 0 Å². The Morgan fingerprint density at radius 3 is 1.47 bits per heavy atom. The van der Waals surface area contributed by atoms with E-state index in [2.05, 4.69) is 13.8 Å². The monoisotopic (exact) mass is 266 g/mol. The first-order chi connectivity index (χ1) is 7.41. The highest BCUT2D eigenvalue weighted by molar-refractivity contribution is 9.09. The third-order valence-electron chi connectivity index (χ3n) is 2.26. The molecule has 0 N–H and O–H groups in total. The van der Waals surface area contributed by atoms with E-state index in [1.54, 1.807) is 0 Å². The smallest absolute Gasteiger partial charge is 0.00451 e. The molecular weight excluding hydrogens is 240 g/mol. The van der Waals surface area contributed by atoms with Crippen molar-refractivity contribution >= 4 is 31.4 Å². The van der Waals surface area contributed by atoms with Crippen LogP contribution in [-0.4, -0.2) is 11.5 Å². The molecule has 0 saturated carbocycles. The summed E-state index contributed by atoms with van der Waals surface area (Å²) < 4.78 is 0. The van der Waals surface area contributed by atoms with Crippen molar-refractivity contribution in [1.29, 1.82) is 0 Å². The van der Waals surface area contributed by atoms with Crippen LogP contribution < -0.4 is 0 Å². The second-order valence-electron chi connectivity index (χ2n) is 3.83. The molecule has 0 aromatic carbocycles. The third-order valence-corrected chi connectivity index (χ3v) is 6.67. The molecule has 0 aliphatic rings. The number of unbranched alkanes of at least 4 members (excludes halogenated alkanes) is 6. The molecule has 0 nitrogen and oxygen atoms in total. The van der Waals surface area contributed by atoms with Crippen LogP contribution in [0.4, 0.5) is 0 Å². The molecule has 92 valence electrons. The van der Waals surface area contributed by atoms with E-state index in [9.17, 15) is 0 Å². The van der Waals surface area contributed by atoms with Crippen molar-refractivity contribution in [2.45, 2.75) is 65.2 Å². The van der Waals surface area contributed by atoms with Crippen molar-refractivity contribution in [3.63, 3.8) is 0 Å². The van der Waals surface area contributed by atoms with Crippen LogP contribution in [0.1, 0.15) is 65.2 Å². The summed E-state index contributed by atoms with van der Waals surface area (Å²) in [6, 6.07) is 0. The van der Waals surface area contributed by atoms with Crippen LogP contribution in [0.25, 0.3) is 0 Å². The second-order valence-corrected chi connectivity index (χ2v) is 8.30. The number of hydrogen-bond donors (Lipinski definition) is 0. The maximum absolute atomic E-state index is 2.27. The van der Waals surface area contributed by atoms with Gasteiger partial charge in [0.05, 0.1) is 0 Å². The van der Waals surface area contributed by atoms with Gasteiger partial charge < -0.3 is 0 Å². The maximum Gasteiger partial charge on any atom is 0.00451 e. The molecule has 0 aromatic heterocycles. The predicted octanol–water partition coefficient (Wildman–Crippen LogP) is 6.18. The van der Waals surface area contributed by atoms with E-state index in [4.69, 9.17) is 0 Å². The highest BCUT2D eigenvalue weighted by Crippen LogP contribution is 2.35. The highest BCUT2D eigenvalue weighted by atomic mass is 33.5. The fourth-order valence-electron chi connectivity index (χ4n) is 1.28. The fourth-order valence-corrected chi connectivity index (χ4v) is 5.28. The first-order valence-electron chi connectivity index (χ1n) is 6.32. The first-order valence-corrected chi connectivity index (χ1v) is 10.1. The SMILES string of the molecule is CCCCCCSSSCCCCCC. The number of rotatable bonds is 12. The Morgan fingerprint density at radius 2 is 1.07 bits per heavy atom. The van der Waals surface area contributed by atoms with Crippen LogP contribution in [0.5, 0.6) is 0 Å². The molecule has 0 spiro atoms. The van der Waals surface area contributed by atoms with Crippen LogP contribution in [0, 0.1) is 0 Å². The summed E-state index contributed by atoms with van der Waals surface area (Å²) in [4.78, 5) is 0. The normalized spacial score (nSPS) is 10.8. The zero-order chi connectivity index (χ0) is 11.2. The van der Waals surface area contributed by atoms with Gasteiger partial charge in [-0.3, -0.25) is 0 Å². The van der Waals surface area contributed by atoms with Gasteiger partial charge in [-0.1, -0.05) is 74.0 Å². The number of hydrogen-bond acceptors (Lipinski definition) is 3. The van der Waals surface area contributed by atoms with Crippen LogP contribution in [0.2, 0.25) is 0 Å². The van der Waals surface area contributed by atoms with E-state index in [1.807, 2.05) is 31.4 Å². The average molecular weight is 267 g/mol. The van der Waals surface area contributed by atoms with E-state index < -0.39 is 0 Å². The minimum Gasteiger partial charge on any atom is -0.0826 e. The quantitative estimate of drug-likeness (QED) is 0.306. The topological polar surface area (TPSA) is 0 Å². The van der Waals surface area contributed by atoms with Gasteiger partial charge in [0.1, 0.15) is 0 Å². The van der Waals surface area contributed by atoms with E-state index >= 15 is 0 Å². The van der Waals surface area contributed by atoms with Gasteiger partial charge in [0.2, 0.25) is 0 Å². The molecule has 0 heterocycles. The van der Waals surface area contributed by atoms with Crippen molar-refractivity contribution in [3.05, 3.63) is 0 Å². The lowest BCUT2D eigenvalue weighted by Crippen LogP contribution is -1.79. The molecular formula is C12H26S3. The average Bonchev–Trinajstić information content (AvgIpc) is 2.26. The summed E-state index contributed by atoms with van der Waals surface area (Å²) in [6.45, 7) is 4.54. The molecule has 0 fully saturated rings. The van der Waals surface area contributed by atoms with Crippen LogP contribution in [-0.2, 0) is 0 Å². The molecule has 0 rings (SSSR count). The molecule has 3 heteroatoms. The zero-order valence-electron chi connectivity index (χ0n) is 10.3. The molecule has 0 aliphatic heterocycles. The largest absolute Gasteiger partial charge is 0.0826 e. The van der Waals surface area contributed by atoms with E-state index in [0.717, 1.165) is 0 Å². The van der Waals surface area contributed by atoms with E-state index in [-0.39, 0.29) is 0 Å². The Morgan fingerprint density at radius 1 is 0.600 bits per heavy atom. The first kappa shape index (κ1) is 16.1. The highest BCUT2D eigenvalue weighted by Gasteiger charge is 1.93. The molecule has 0 aromatic rings. The van der Waals surface area contributed by atoms with Gasteiger partial charge in [0.25, 0.3) is 0 Å². The van der Waals surface area contributed by atoms with E-state index in [0.29, 0.717) is 0 Å². The van der Waals surface area contributed by atoms with Gasteiger partial charge in [-0.2, -0.15) is 0 Å². The van der Waals surface area contributed by atoms with Gasteiger partial charge in [-0.25, -0.2) is 0 Å². The molecule has 0 saturated heterocycles. The van der Waals surface area contributed by atoms with Crippen molar-refractivity contribution < 1.29 is 0 Å². The zero-order valence-corrected chi connectivity index (χ0v) is 12.7. The Hall–Kier alpha value is 1.05. The Kier molecular flexibility index (Phi) is 16.1. The third kappa shape index (κ3) is 15.1. The lowest BCUT2D eigenvalue weighted by molar-refractivity contribution is 0.707. The lowest BCUT2D eigenvalue weighted by Gasteiger charge is -2.00. The molecule has 0 aliphatic carbocycles. The van der Waals surface area contributed by atoms with Gasteiger partial charge >= 0.3 is 0 Å². The molecule has 15 heavy (non-hydrogen) atoms. The summed E-state index contributed by atoms with van der Waals surface area (Å²) in [7, 11) is 6.10. The van der Waals surface area contributed by atoms with Gasteiger partial charge in [-0.15, -0.1) is 0 Å². The van der Waals surface area contributed by atoms with Crippen LogP contribution in [0.15, 0.2) is 0 Å². The second kappa shape index (κ2) is 15.0. The minimum absolute atomic E-state index is 1.34. The lowest BCUT2D eigenvalue weighted by atomic mass is 10.2. The Labute approximate surface area is 108 Å². The summed E-state index contributed by atoms with van der Waals surface area (Å²) in [6.07, 6.45) is 11.2. The van der Waals surface area contributed by atoms with Crippen molar-refractivity contribution in [2.75, 3.05) is 11.5 Å². The fraction of sp³-hybridized carbons (Fsp3) is 1.00. The van der Waals surface area contributed by atoms with E-state index in [1.165, 1.54) is 62.9 Å². The summed E-state index contributed by atoms with van der Waals surface area (Å²) in [5.74, 6) is 2.68.